The normalized spacial score (nSPS) is 10.8. The van der Waals surface area contributed by atoms with Crippen LogP contribution in [0.3, 0.4) is 0 Å². The molecule has 0 bridgehead atoms. The topological polar surface area (TPSA) is 38.9 Å². The van der Waals surface area contributed by atoms with Crippen molar-refractivity contribution in [3.05, 3.63) is 62.6 Å². The van der Waals surface area contributed by atoms with Crippen LogP contribution in [-0.2, 0) is 13.0 Å². The number of hydrogen-bond donors (Lipinski definition) is 1. The maximum absolute atomic E-state index is 5.85. The molecule has 2 aromatic heterocycles. The highest BCUT2D eigenvalue weighted by Gasteiger charge is 2.12. The summed E-state index contributed by atoms with van der Waals surface area (Å²) in [7, 11) is 0. The van der Waals surface area contributed by atoms with Gasteiger partial charge in [0.1, 0.15) is 0 Å². The van der Waals surface area contributed by atoms with Gasteiger partial charge in [0, 0.05) is 28.3 Å². The number of benzene rings is 1. The largest absolute Gasteiger partial charge is 0.326 e. The van der Waals surface area contributed by atoms with Crippen molar-refractivity contribution >= 4 is 22.7 Å². The van der Waals surface area contributed by atoms with E-state index in [1.54, 1.807) is 22.7 Å². The lowest BCUT2D eigenvalue weighted by Gasteiger charge is -1.98. The van der Waals surface area contributed by atoms with Crippen molar-refractivity contribution in [3.8, 4) is 11.3 Å². The number of thiophene rings is 1. The van der Waals surface area contributed by atoms with Gasteiger partial charge in [-0.05, 0) is 11.4 Å². The Balaban J connectivity index is 1.95. The lowest BCUT2D eigenvalue weighted by Crippen LogP contribution is -1.95. The predicted octanol–water partition coefficient (Wildman–Crippen LogP) is 3.92. The van der Waals surface area contributed by atoms with Crippen LogP contribution in [0.25, 0.3) is 11.3 Å². The van der Waals surface area contributed by atoms with Crippen LogP contribution < -0.4 is 5.73 Å². The van der Waals surface area contributed by atoms with E-state index in [1.165, 1.54) is 4.88 Å². The van der Waals surface area contributed by atoms with Crippen molar-refractivity contribution < 1.29 is 0 Å². The van der Waals surface area contributed by atoms with Crippen LogP contribution in [0.4, 0.5) is 0 Å². The zero-order valence-electron chi connectivity index (χ0n) is 10.4. The molecule has 0 aliphatic carbocycles. The summed E-state index contributed by atoms with van der Waals surface area (Å²) in [5.41, 5.74) is 8.04. The minimum Gasteiger partial charge on any atom is -0.326 e. The van der Waals surface area contributed by atoms with Crippen molar-refractivity contribution in [2.75, 3.05) is 0 Å². The van der Waals surface area contributed by atoms with Gasteiger partial charge in [-0.3, -0.25) is 0 Å². The second-order valence-electron chi connectivity index (χ2n) is 4.21. The Hall–Kier alpha value is -1.49. The van der Waals surface area contributed by atoms with Gasteiger partial charge >= 0.3 is 0 Å². The molecule has 4 heteroatoms. The monoisotopic (exact) mass is 286 g/mol. The van der Waals surface area contributed by atoms with E-state index < -0.39 is 0 Å². The van der Waals surface area contributed by atoms with Gasteiger partial charge in [0.15, 0.2) is 0 Å². The summed E-state index contributed by atoms with van der Waals surface area (Å²) in [4.78, 5) is 7.28. The van der Waals surface area contributed by atoms with Crippen LogP contribution in [0.2, 0.25) is 0 Å². The fraction of sp³-hybridized carbons (Fsp3) is 0.133. The molecule has 0 unspecified atom stereocenters. The molecule has 0 amide bonds. The number of nitrogens with zero attached hydrogens (tertiary/aromatic N) is 1. The van der Waals surface area contributed by atoms with Crippen LogP contribution in [0.5, 0.6) is 0 Å². The van der Waals surface area contributed by atoms with Gasteiger partial charge in [0.25, 0.3) is 0 Å². The molecule has 19 heavy (non-hydrogen) atoms. The van der Waals surface area contributed by atoms with Crippen molar-refractivity contribution in [3.63, 3.8) is 0 Å². The van der Waals surface area contributed by atoms with E-state index in [9.17, 15) is 0 Å². The third-order valence-corrected chi connectivity index (χ3v) is 4.83. The maximum atomic E-state index is 5.85. The molecule has 0 aliphatic rings. The smallest absolute Gasteiger partial charge is 0.0988 e. The summed E-state index contributed by atoms with van der Waals surface area (Å²) in [5, 5.41) is 3.24. The second kappa shape index (κ2) is 5.65. The molecule has 0 aliphatic heterocycles. The minimum absolute atomic E-state index is 0.548. The quantitative estimate of drug-likeness (QED) is 0.789. The van der Waals surface area contributed by atoms with Crippen LogP contribution in [0.1, 0.15) is 14.8 Å². The Bertz CT molecular complexity index is 642. The number of thiazole rings is 1. The van der Waals surface area contributed by atoms with Crippen molar-refractivity contribution in [1.29, 1.82) is 0 Å². The highest BCUT2D eigenvalue weighted by Crippen LogP contribution is 2.29. The van der Waals surface area contributed by atoms with Crippen molar-refractivity contribution in [1.82, 2.24) is 4.98 Å². The highest BCUT2D eigenvalue weighted by atomic mass is 32.1. The van der Waals surface area contributed by atoms with E-state index in [1.807, 2.05) is 18.2 Å². The van der Waals surface area contributed by atoms with E-state index >= 15 is 0 Å². The Labute approximate surface area is 120 Å². The SMILES string of the molecule is NCc1sc(Cc2cccs2)nc1-c1ccccc1. The van der Waals surface area contributed by atoms with Gasteiger partial charge < -0.3 is 5.73 Å². The van der Waals surface area contributed by atoms with Crippen LogP contribution in [0.15, 0.2) is 47.8 Å². The minimum atomic E-state index is 0.548. The lowest BCUT2D eigenvalue weighted by molar-refractivity contribution is 1.09. The highest BCUT2D eigenvalue weighted by molar-refractivity contribution is 7.12. The first-order valence-corrected chi connectivity index (χ1v) is 7.83. The summed E-state index contributed by atoms with van der Waals surface area (Å²) < 4.78 is 0. The first-order valence-electron chi connectivity index (χ1n) is 6.13. The maximum Gasteiger partial charge on any atom is 0.0988 e. The van der Waals surface area contributed by atoms with Crippen molar-refractivity contribution in [2.45, 2.75) is 13.0 Å². The Morgan fingerprint density at radius 1 is 1.05 bits per heavy atom. The molecule has 2 N–H and O–H groups in total. The third-order valence-electron chi connectivity index (χ3n) is 2.88. The molecule has 0 saturated carbocycles. The summed E-state index contributed by atoms with van der Waals surface area (Å²) in [6, 6.07) is 14.5. The van der Waals surface area contributed by atoms with E-state index in [2.05, 4.69) is 29.6 Å². The fourth-order valence-corrected chi connectivity index (χ4v) is 3.79. The average Bonchev–Trinajstić information content (AvgIpc) is 3.09. The van der Waals surface area contributed by atoms with E-state index in [-0.39, 0.29) is 0 Å². The molecule has 0 radical (unpaired) electrons. The van der Waals surface area contributed by atoms with E-state index in [0.717, 1.165) is 27.6 Å². The van der Waals surface area contributed by atoms with Crippen molar-refractivity contribution in [2.24, 2.45) is 5.73 Å². The van der Waals surface area contributed by atoms with Gasteiger partial charge in [-0.15, -0.1) is 22.7 Å². The number of rotatable bonds is 4. The van der Waals surface area contributed by atoms with E-state index in [4.69, 9.17) is 10.7 Å². The van der Waals surface area contributed by atoms with Gasteiger partial charge in [0.2, 0.25) is 0 Å². The molecule has 3 rings (SSSR count). The van der Waals surface area contributed by atoms with Crippen LogP contribution in [0, 0.1) is 0 Å². The molecular formula is C15H14N2S2. The Morgan fingerprint density at radius 2 is 1.89 bits per heavy atom. The van der Waals surface area contributed by atoms with Crippen LogP contribution in [-0.4, -0.2) is 4.98 Å². The zero-order chi connectivity index (χ0) is 13.1. The molecule has 3 aromatic rings. The molecule has 96 valence electrons. The molecule has 0 spiro atoms. The molecule has 1 aromatic carbocycles. The Kier molecular flexibility index (Phi) is 3.73. The zero-order valence-corrected chi connectivity index (χ0v) is 12.0. The summed E-state index contributed by atoms with van der Waals surface area (Å²) in [6.45, 7) is 0.548. The Morgan fingerprint density at radius 3 is 2.58 bits per heavy atom. The molecule has 0 saturated heterocycles. The first-order chi connectivity index (χ1) is 9.36. The van der Waals surface area contributed by atoms with Gasteiger partial charge in [0.05, 0.1) is 10.7 Å². The predicted molar refractivity (Wildman–Crippen MR) is 82.6 cm³/mol. The fourth-order valence-electron chi connectivity index (χ4n) is 2.00. The molecular weight excluding hydrogens is 272 g/mol. The van der Waals surface area contributed by atoms with Gasteiger partial charge in [-0.1, -0.05) is 36.4 Å². The number of aromatic nitrogens is 1. The molecule has 0 atom stereocenters. The molecule has 2 heterocycles. The van der Waals surface area contributed by atoms with Gasteiger partial charge in [-0.25, -0.2) is 4.98 Å². The number of nitrogens with two attached hydrogens (primary N) is 1. The second-order valence-corrected chi connectivity index (χ2v) is 6.41. The molecule has 0 fully saturated rings. The lowest BCUT2D eigenvalue weighted by atomic mass is 10.1. The first kappa shape index (κ1) is 12.5. The molecule has 2 nitrogen and oxygen atoms in total. The third kappa shape index (κ3) is 2.76. The standard InChI is InChI=1S/C15H14N2S2/c16-10-13-15(11-5-2-1-3-6-11)17-14(19-13)9-12-7-4-8-18-12/h1-8H,9-10,16H2. The summed E-state index contributed by atoms with van der Waals surface area (Å²) >= 11 is 3.49. The summed E-state index contributed by atoms with van der Waals surface area (Å²) in [6.07, 6.45) is 0.905. The van der Waals surface area contributed by atoms with Crippen LogP contribution >= 0.6 is 22.7 Å². The number of hydrogen-bond acceptors (Lipinski definition) is 4. The summed E-state index contributed by atoms with van der Waals surface area (Å²) in [5.74, 6) is 0. The van der Waals surface area contributed by atoms with E-state index in [0.29, 0.717) is 6.54 Å². The van der Waals surface area contributed by atoms with Gasteiger partial charge in [-0.2, -0.15) is 0 Å². The average molecular weight is 286 g/mol.